The Hall–Kier alpha value is -3.06. The van der Waals surface area contributed by atoms with Crippen molar-refractivity contribution < 1.29 is 19.1 Å². The SMILES string of the molecule is O=C(COc1cccc(Cl)c1Cl)N/N=C/c1cccc(OC(=O)c2ccc(Cl)cc2)c1. The number of esters is 1. The van der Waals surface area contributed by atoms with Crippen LogP contribution in [0.3, 0.4) is 0 Å². The number of rotatable bonds is 7. The summed E-state index contributed by atoms with van der Waals surface area (Å²) in [5, 5.41) is 4.94. The van der Waals surface area contributed by atoms with Crippen LogP contribution in [0.5, 0.6) is 11.5 Å². The van der Waals surface area contributed by atoms with Gasteiger partial charge in [-0.05, 0) is 54.1 Å². The third-order valence-electron chi connectivity index (χ3n) is 3.83. The maximum atomic E-state index is 12.2. The van der Waals surface area contributed by atoms with E-state index < -0.39 is 11.9 Å². The van der Waals surface area contributed by atoms with Crippen molar-refractivity contribution in [2.24, 2.45) is 5.10 Å². The van der Waals surface area contributed by atoms with Crippen LogP contribution in [0.15, 0.2) is 71.8 Å². The van der Waals surface area contributed by atoms with E-state index in [2.05, 4.69) is 10.5 Å². The van der Waals surface area contributed by atoms with Gasteiger partial charge in [-0.15, -0.1) is 0 Å². The molecular formula is C22H15Cl3N2O4. The number of ether oxygens (including phenoxy) is 2. The lowest BCUT2D eigenvalue weighted by atomic mass is 10.2. The molecule has 1 N–H and O–H groups in total. The molecule has 0 atom stereocenters. The number of carbonyl (C=O) groups is 2. The highest BCUT2D eigenvalue weighted by Crippen LogP contribution is 2.31. The molecule has 0 heterocycles. The fourth-order valence-corrected chi connectivity index (χ4v) is 2.83. The van der Waals surface area contributed by atoms with Gasteiger partial charge < -0.3 is 9.47 Å². The molecule has 0 aliphatic carbocycles. The molecule has 0 radical (unpaired) electrons. The van der Waals surface area contributed by atoms with E-state index in [9.17, 15) is 9.59 Å². The van der Waals surface area contributed by atoms with E-state index in [0.717, 1.165) is 0 Å². The lowest BCUT2D eigenvalue weighted by Gasteiger charge is -2.07. The molecular weight excluding hydrogens is 463 g/mol. The van der Waals surface area contributed by atoms with Crippen LogP contribution >= 0.6 is 34.8 Å². The van der Waals surface area contributed by atoms with Crippen molar-refractivity contribution >= 4 is 52.9 Å². The molecule has 0 aliphatic heterocycles. The minimum atomic E-state index is -0.518. The van der Waals surface area contributed by atoms with Crippen molar-refractivity contribution in [1.29, 1.82) is 0 Å². The maximum Gasteiger partial charge on any atom is 0.343 e. The first-order chi connectivity index (χ1) is 14.9. The fraction of sp³-hybridized carbons (Fsp3) is 0.0455. The number of nitrogens with zero attached hydrogens (tertiary/aromatic N) is 1. The molecule has 1 amide bonds. The number of hydrogen-bond acceptors (Lipinski definition) is 5. The first-order valence-electron chi connectivity index (χ1n) is 8.89. The van der Waals surface area contributed by atoms with Gasteiger partial charge in [-0.2, -0.15) is 5.10 Å². The largest absolute Gasteiger partial charge is 0.482 e. The monoisotopic (exact) mass is 476 g/mol. The standard InChI is InChI=1S/C22H15Cl3N2O4/c23-16-9-7-15(8-10-16)22(29)31-17-4-1-3-14(11-17)12-26-27-20(28)13-30-19-6-2-5-18(24)21(19)25/h1-12H,13H2,(H,27,28)/b26-12+. The second kappa shape index (κ2) is 10.8. The number of benzene rings is 3. The Bertz CT molecular complexity index is 1120. The van der Waals surface area contributed by atoms with Crippen LogP contribution in [0.1, 0.15) is 15.9 Å². The van der Waals surface area contributed by atoms with E-state index in [1.807, 2.05) is 0 Å². The van der Waals surface area contributed by atoms with Crippen LogP contribution in [-0.4, -0.2) is 24.7 Å². The Labute approximate surface area is 193 Å². The zero-order chi connectivity index (χ0) is 22.2. The second-order valence-corrected chi connectivity index (χ2v) is 7.32. The topological polar surface area (TPSA) is 77.0 Å². The molecule has 0 saturated heterocycles. The zero-order valence-corrected chi connectivity index (χ0v) is 18.1. The van der Waals surface area contributed by atoms with E-state index in [-0.39, 0.29) is 11.6 Å². The summed E-state index contributed by atoms with van der Waals surface area (Å²) in [6.45, 7) is -0.295. The van der Waals surface area contributed by atoms with Crippen LogP contribution in [0.2, 0.25) is 15.1 Å². The first-order valence-corrected chi connectivity index (χ1v) is 10.0. The van der Waals surface area contributed by atoms with Crippen molar-refractivity contribution in [3.05, 3.63) is 92.9 Å². The van der Waals surface area contributed by atoms with Crippen LogP contribution in [0.4, 0.5) is 0 Å². The van der Waals surface area contributed by atoms with E-state index in [4.69, 9.17) is 44.3 Å². The summed E-state index contributed by atoms with van der Waals surface area (Å²) in [4.78, 5) is 24.1. The number of halogens is 3. The fourth-order valence-electron chi connectivity index (χ4n) is 2.36. The van der Waals surface area contributed by atoms with Crippen molar-refractivity contribution in [3.63, 3.8) is 0 Å². The summed E-state index contributed by atoms with van der Waals surface area (Å²) in [5.41, 5.74) is 3.32. The molecule has 0 aliphatic rings. The van der Waals surface area contributed by atoms with Gasteiger partial charge in [0.15, 0.2) is 6.61 Å². The predicted octanol–water partition coefficient (Wildman–Crippen LogP) is 5.40. The van der Waals surface area contributed by atoms with Gasteiger partial charge in [-0.1, -0.05) is 53.0 Å². The van der Waals surface area contributed by atoms with Gasteiger partial charge in [0.1, 0.15) is 16.5 Å². The summed E-state index contributed by atoms with van der Waals surface area (Å²) in [6.07, 6.45) is 1.41. The van der Waals surface area contributed by atoms with Gasteiger partial charge in [-0.25, -0.2) is 10.2 Å². The number of hydrogen-bond donors (Lipinski definition) is 1. The van der Waals surface area contributed by atoms with E-state index in [1.54, 1.807) is 66.7 Å². The van der Waals surface area contributed by atoms with Crippen LogP contribution in [-0.2, 0) is 4.79 Å². The zero-order valence-electron chi connectivity index (χ0n) is 15.8. The Morgan fingerprint density at radius 3 is 2.48 bits per heavy atom. The van der Waals surface area contributed by atoms with Gasteiger partial charge >= 0.3 is 5.97 Å². The second-order valence-electron chi connectivity index (χ2n) is 6.10. The highest BCUT2D eigenvalue weighted by atomic mass is 35.5. The Morgan fingerprint density at radius 2 is 1.71 bits per heavy atom. The third-order valence-corrected chi connectivity index (χ3v) is 4.88. The Balaban J connectivity index is 1.52. The maximum absolute atomic E-state index is 12.2. The highest BCUT2D eigenvalue weighted by molar-refractivity contribution is 6.42. The van der Waals surface area contributed by atoms with Gasteiger partial charge in [0.25, 0.3) is 5.91 Å². The molecule has 0 saturated carbocycles. The Kier molecular flexibility index (Phi) is 7.89. The van der Waals surface area contributed by atoms with Crippen molar-refractivity contribution in [1.82, 2.24) is 5.43 Å². The third kappa shape index (κ3) is 6.72. The average molecular weight is 478 g/mol. The van der Waals surface area contributed by atoms with E-state index >= 15 is 0 Å². The number of amides is 1. The molecule has 3 rings (SSSR count). The van der Waals surface area contributed by atoms with Gasteiger partial charge in [0, 0.05) is 5.02 Å². The molecule has 31 heavy (non-hydrogen) atoms. The number of hydrazone groups is 1. The van der Waals surface area contributed by atoms with Gasteiger partial charge in [0.05, 0.1) is 16.8 Å². The van der Waals surface area contributed by atoms with Gasteiger partial charge in [-0.3, -0.25) is 4.79 Å². The van der Waals surface area contributed by atoms with Crippen molar-refractivity contribution in [2.45, 2.75) is 0 Å². The van der Waals surface area contributed by atoms with Crippen LogP contribution in [0.25, 0.3) is 0 Å². The minimum absolute atomic E-state index is 0.227. The average Bonchev–Trinajstić information content (AvgIpc) is 2.75. The first kappa shape index (κ1) is 22.6. The lowest BCUT2D eigenvalue weighted by molar-refractivity contribution is -0.123. The lowest BCUT2D eigenvalue weighted by Crippen LogP contribution is -2.24. The molecule has 0 fully saturated rings. The van der Waals surface area contributed by atoms with E-state index in [1.165, 1.54) is 6.21 Å². The molecule has 3 aromatic rings. The summed E-state index contributed by atoms with van der Waals surface area (Å²) in [7, 11) is 0. The normalized spacial score (nSPS) is 10.7. The smallest absolute Gasteiger partial charge is 0.343 e. The molecule has 158 valence electrons. The number of carbonyl (C=O) groups excluding carboxylic acids is 2. The molecule has 0 unspecified atom stereocenters. The highest BCUT2D eigenvalue weighted by Gasteiger charge is 2.09. The minimum Gasteiger partial charge on any atom is -0.482 e. The molecule has 0 bridgehead atoms. The quantitative estimate of drug-likeness (QED) is 0.214. The molecule has 3 aromatic carbocycles. The van der Waals surface area contributed by atoms with Crippen molar-refractivity contribution in [3.8, 4) is 11.5 Å². The summed E-state index contributed by atoms with van der Waals surface area (Å²) < 4.78 is 10.7. The molecule has 0 spiro atoms. The van der Waals surface area contributed by atoms with Crippen LogP contribution in [0, 0.1) is 0 Å². The molecule has 6 nitrogen and oxygen atoms in total. The van der Waals surface area contributed by atoms with Crippen LogP contribution < -0.4 is 14.9 Å². The Morgan fingerprint density at radius 1 is 0.968 bits per heavy atom. The van der Waals surface area contributed by atoms with Crippen molar-refractivity contribution in [2.75, 3.05) is 6.61 Å². The molecule has 0 aromatic heterocycles. The number of nitrogens with one attached hydrogen (secondary N) is 1. The van der Waals surface area contributed by atoms with Gasteiger partial charge in [0.2, 0.25) is 0 Å². The summed E-state index contributed by atoms with van der Waals surface area (Å²) in [6, 6.07) is 17.9. The summed E-state index contributed by atoms with van der Waals surface area (Å²) >= 11 is 17.7. The predicted molar refractivity (Wildman–Crippen MR) is 121 cm³/mol. The molecule has 9 heteroatoms. The summed E-state index contributed by atoms with van der Waals surface area (Å²) in [5.74, 6) is -0.383. The van der Waals surface area contributed by atoms with E-state index in [0.29, 0.717) is 32.7 Å².